The number of hydrogen-bond acceptors (Lipinski definition) is 3. The molecule has 1 N–H and O–H groups in total. The van der Waals surface area contributed by atoms with Crippen molar-refractivity contribution >= 4 is 10.0 Å². The third-order valence-corrected chi connectivity index (χ3v) is 5.93. The third-order valence-electron chi connectivity index (χ3n) is 3.98. The second-order valence-electron chi connectivity index (χ2n) is 5.52. The molecular formula is C14H30N2O2S. The number of rotatable bonds is 9. The molecule has 0 radical (unpaired) electrons. The van der Waals surface area contributed by atoms with Crippen LogP contribution in [-0.2, 0) is 10.0 Å². The zero-order valence-electron chi connectivity index (χ0n) is 12.5. The van der Waals surface area contributed by atoms with E-state index in [1.165, 1.54) is 6.42 Å². The Balaban J connectivity index is 2.21. The molecule has 1 fully saturated rings. The van der Waals surface area contributed by atoms with Crippen LogP contribution in [0.15, 0.2) is 0 Å². The van der Waals surface area contributed by atoms with Gasteiger partial charge in [0.25, 0.3) is 0 Å². The zero-order valence-corrected chi connectivity index (χ0v) is 13.3. The molecule has 1 saturated heterocycles. The van der Waals surface area contributed by atoms with Gasteiger partial charge in [0, 0.05) is 13.1 Å². The van der Waals surface area contributed by atoms with Crippen molar-refractivity contribution in [2.45, 2.75) is 52.4 Å². The fourth-order valence-corrected chi connectivity index (χ4v) is 4.16. The maximum atomic E-state index is 12.2. The molecule has 0 aromatic carbocycles. The Bertz CT molecular complexity index is 322. The van der Waals surface area contributed by atoms with Gasteiger partial charge >= 0.3 is 0 Å². The number of hydrogen-bond donors (Lipinski definition) is 1. The number of nitrogens with zero attached hydrogens (tertiary/aromatic N) is 1. The Morgan fingerprint density at radius 1 is 1.11 bits per heavy atom. The molecule has 5 heteroatoms. The van der Waals surface area contributed by atoms with Crippen LogP contribution in [0.2, 0.25) is 0 Å². The van der Waals surface area contributed by atoms with E-state index in [0.717, 1.165) is 64.2 Å². The van der Waals surface area contributed by atoms with Crippen LogP contribution in [0.5, 0.6) is 0 Å². The van der Waals surface area contributed by atoms with Gasteiger partial charge in [-0.25, -0.2) is 12.7 Å². The second kappa shape index (κ2) is 8.93. The number of piperidine rings is 1. The Morgan fingerprint density at radius 3 is 2.37 bits per heavy atom. The molecule has 0 saturated carbocycles. The van der Waals surface area contributed by atoms with Gasteiger partial charge in [-0.15, -0.1) is 0 Å². The summed E-state index contributed by atoms with van der Waals surface area (Å²) in [6, 6.07) is 0. The second-order valence-corrected chi connectivity index (χ2v) is 7.61. The summed E-state index contributed by atoms with van der Waals surface area (Å²) in [5.74, 6) is 1.04. The molecule has 1 aliphatic rings. The predicted octanol–water partition coefficient (Wildman–Crippen LogP) is 2.22. The third kappa shape index (κ3) is 6.23. The van der Waals surface area contributed by atoms with Crippen LogP contribution in [-0.4, -0.2) is 44.7 Å². The summed E-state index contributed by atoms with van der Waals surface area (Å²) >= 11 is 0. The highest BCUT2D eigenvalue weighted by Crippen LogP contribution is 2.22. The number of unbranched alkanes of at least 4 members (excludes halogenated alkanes) is 1. The number of sulfonamides is 1. The molecule has 1 aliphatic heterocycles. The monoisotopic (exact) mass is 290 g/mol. The van der Waals surface area contributed by atoms with E-state index in [2.05, 4.69) is 19.2 Å². The van der Waals surface area contributed by atoms with E-state index in [1.807, 2.05) is 0 Å². The van der Waals surface area contributed by atoms with Gasteiger partial charge in [0.05, 0.1) is 5.75 Å². The quantitative estimate of drug-likeness (QED) is 0.662. The lowest BCUT2D eigenvalue weighted by molar-refractivity contribution is 0.269. The van der Waals surface area contributed by atoms with E-state index in [-0.39, 0.29) is 0 Å². The van der Waals surface area contributed by atoms with Crippen molar-refractivity contribution < 1.29 is 8.42 Å². The molecular weight excluding hydrogens is 260 g/mol. The average Bonchev–Trinajstić information content (AvgIpc) is 2.43. The Hall–Kier alpha value is -0.130. The fourth-order valence-electron chi connectivity index (χ4n) is 2.56. The molecule has 1 rings (SSSR count). The molecule has 0 aromatic rings. The minimum Gasteiger partial charge on any atom is -0.317 e. The van der Waals surface area contributed by atoms with Crippen molar-refractivity contribution in [3.05, 3.63) is 0 Å². The lowest BCUT2D eigenvalue weighted by Crippen LogP contribution is -2.39. The van der Waals surface area contributed by atoms with Gasteiger partial charge in [-0.2, -0.15) is 0 Å². The molecule has 0 spiro atoms. The molecule has 1 heterocycles. The van der Waals surface area contributed by atoms with Gasteiger partial charge in [-0.05, 0) is 51.1 Å². The SMILES string of the molecule is CCCNCCCCS(=O)(=O)N1CCC(CC)CC1. The highest BCUT2D eigenvalue weighted by atomic mass is 32.2. The van der Waals surface area contributed by atoms with E-state index in [1.54, 1.807) is 4.31 Å². The standard InChI is InChI=1S/C14H30N2O2S/c1-3-9-15-10-5-6-13-19(17,18)16-11-7-14(4-2)8-12-16/h14-15H,3-13H2,1-2H3. The average molecular weight is 290 g/mol. The van der Waals surface area contributed by atoms with Gasteiger partial charge in [0.2, 0.25) is 10.0 Å². The normalized spacial score (nSPS) is 18.8. The van der Waals surface area contributed by atoms with Crippen LogP contribution in [0.4, 0.5) is 0 Å². The first kappa shape index (κ1) is 16.9. The van der Waals surface area contributed by atoms with Crippen molar-refractivity contribution in [3.8, 4) is 0 Å². The van der Waals surface area contributed by atoms with Crippen LogP contribution in [0.3, 0.4) is 0 Å². The molecule has 0 unspecified atom stereocenters. The Labute approximate surface area is 119 Å². The molecule has 0 atom stereocenters. The zero-order chi connectivity index (χ0) is 14.1. The van der Waals surface area contributed by atoms with E-state index in [9.17, 15) is 8.42 Å². The highest BCUT2D eigenvalue weighted by molar-refractivity contribution is 7.89. The van der Waals surface area contributed by atoms with Crippen LogP contribution >= 0.6 is 0 Å². The van der Waals surface area contributed by atoms with Gasteiger partial charge < -0.3 is 5.32 Å². The molecule has 4 nitrogen and oxygen atoms in total. The van der Waals surface area contributed by atoms with Crippen LogP contribution in [0.25, 0.3) is 0 Å². The summed E-state index contributed by atoms with van der Waals surface area (Å²) in [6.07, 6.45) is 6.10. The largest absolute Gasteiger partial charge is 0.317 e. The summed E-state index contributed by atoms with van der Waals surface area (Å²) in [7, 11) is -3.00. The summed E-state index contributed by atoms with van der Waals surface area (Å²) in [5.41, 5.74) is 0. The summed E-state index contributed by atoms with van der Waals surface area (Å²) in [5, 5.41) is 3.31. The van der Waals surface area contributed by atoms with Gasteiger partial charge in [0.1, 0.15) is 0 Å². The summed E-state index contributed by atoms with van der Waals surface area (Å²) < 4.78 is 26.1. The van der Waals surface area contributed by atoms with Crippen molar-refractivity contribution in [3.63, 3.8) is 0 Å². The first-order chi connectivity index (χ1) is 9.10. The van der Waals surface area contributed by atoms with E-state index in [0.29, 0.717) is 5.75 Å². The molecule has 19 heavy (non-hydrogen) atoms. The molecule has 0 aliphatic carbocycles. The smallest absolute Gasteiger partial charge is 0.214 e. The minimum absolute atomic E-state index is 0.317. The van der Waals surface area contributed by atoms with Gasteiger partial charge in [-0.3, -0.25) is 0 Å². The van der Waals surface area contributed by atoms with Crippen LogP contribution in [0.1, 0.15) is 52.4 Å². The minimum atomic E-state index is -3.00. The number of nitrogens with one attached hydrogen (secondary N) is 1. The summed E-state index contributed by atoms with van der Waals surface area (Å²) in [4.78, 5) is 0. The maximum absolute atomic E-state index is 12.2. The molecule has 0 amide bonds. The van der Waals surface area contributed by atoms with Crippen LogP contribution in [0, 0.1) is 5.92 Å². The lowest BCUT2D eigenvalue weighted by Gasteiger charge is -2.30. The fraction of sp³-hybridized carbons (Fsp3) is 1.00. The topological polar surface area (TPSA) is 49.4 Å². The van der Waals surface area contributed by atoms with E-state index < -0.39 is 10.0 Å². The van der Waals surface area contributed by atoms with Crippen molar-refractivity contribution in [2.75, 3.05) is 31.9 Å². The van der Waals surface area contributed by atoms with Crippen molar-refractivity contribution in [2.24, 2.45) is 5.92 Å². The first-order valence-corrected chi connectivity index (χ1v) is 9.39. The van der Waals surface area contributed by atoms with Crippen molar-refractivity contribution in [1.82, 2.24) is 9.62 Å². The Morgan fingerprint density at radius 2 is 1.79 bits per heavy atom. The molecule has 114 valence electrons. The van der Waals surface area contributed by atoms with Gasteiger partial charge in [0.15, 0.2) is 0 Å². The predicted molar refractivity (Wildman–Crippen MR) is 80.8 cm³/mol. The summed E-state index contributed by atoms with van der Waals surface area (Å²) in [6.45, 7) is 7.75. The van der Waals surface area contributed by atoms with E-state index in [4.69, 9.17) is 0 Å². The Kier molecular flexibility index (Phi) is 7.95. The van der Waals surface area contributed by atoms with E-state index >= 15 is 0 Å². The maximum Gasteiger partial charge on any atom is 0.214 e. The highest BCUT2D eigenvalue weighted by Gasteiger charge is 2.26. The lowest BCUT2D eigenvalue weighted by atomic mass is 9.96. The molecule has 0 bridgehead atoms. The van der Waals surface area contributed by atoms with Crippen molar-refractivity contribution in [1.29, 1.82) is 0 Å². The first-order valence-electron chi connectivity index (χ1n) is 7.78. The van der Waals surface area contributed by atoms with Gasteiger partial charge in [-0.1, -0.05) is 20.3 Å². The molecule has 0 aromatic heterocycles. The van der Waals surface area contributed by atoms with Crippen LogP contribution < -0.4 is 5.32 Å².